The van der Waals surface area contributed by atoms with E-state index in [4.69, 9.17) is 0 Å². The molecule has 0 spiro atoms. The predicted octanol–water partition coefficient (Wildman–Crippen LogP) is 2.76. The Morgan fingerprint density at radius 2 is 1.58 bits per heavy atom. The highest BCUT2D eigenvalue weighted by atomic mass is 16.2. The van der Waals surface area contributed by atoms with Crippen molar-refractivity contribution in [3.8, 4) is 0 Å². The molecule has 0 saturated carbocycles. The Kier molecular flexibility index (Phi) is 4.99. The molecule has 26 heavy (non-hydrogen) atoms. The number of hydrogen-bond donors (Lipinski definition) is 0. The Bertz CT molecular complexity index is 707. The van der Waals surface area contributed by atoms with Gasteiger partial charge in [-0.2, -0.15) is 0 Å². The lowest BCUT2D eigenvalue weighted by atomic mass is 9.85. The van der Waals surface area contributed by atoms with Crippen LogP contribution < -0.4 is 0 Å². The van der Waals surface area contributed by atoms with Crippen LogP contribution in [-0.4, -0.2) is 39.6 Å². The summed E-state index contributed by atoms with van der Waals surface area (Å²) in [7, 11) is 0. The molecule has 0 aromatic heterocycles. The molecule has 138 valence electrons. The zero-order valence-electron chi connectivity index (χ0n) is 15.6. The van der Waals surface area contributed by atoms with Gasteiger partial charge in [-0.1, -0.05) is 42.5 Å². The molecule has 1 aliphatic heterocycles. The molecule has 0 N–H and O–H groups in total. The number of fused-ring (bicyclic) bond motifs is 1. The third-order valence-electron chi connectivity index (χ3n) is 5.19. The molecular formula is C21H26N2O3. The molecule has 2 aliphatic rings. The summed E-state index contributed by atoms with van der Waals surface area (Å²) < 4.78 is 0. The van der Waals surface area contributed by atoms with Crippen LogP contribution in [0.2, 0.25) is 0 Å². The van der Waals surface area contributed by atoms with Gasteiger partial charge in [0.1, 0.15) is 6.54 Å². The predicted molar refractivity (Wildman–Crippen MR) is 98.8 cm³/mol. The van der Waals surface area contributed by atoms with Crippen molar-refractivity contribution in [3.63, 3.8) is 0 Å². The largest absolute Gasteiger partial charge is 0.332 e. The molecule has 1 aromatic rings. The molecule has 1 aliphatic carbocycles. The highest BCUT2D eigenvalue weighted by Gasteiger charge is 2.48. The standard InChI is InChI=1S/C21H26N2O3/c1-21(2,3)23(13-15-9-5-4-6-10-15)18(24)14-22-19(25)16-11-7-8-12-17(16)20(22)26/h4-10,16-17H,11-14H2,1-3H3/t16-,17-/m1/s1. The van der Waals surface area contributed by atoms with E-state index < -0.39 is 5.54 Å². The molecule has 3 rings (SSSR count). The monoisotopic (exact) mass is 354 g/mol. The number of imide groups is 1. The first kappa shape index (κ1) is 18.4. The molecule has 5 nitrogen and oxygen atoms in total. The van der Waals surface area contributed by atoms with E-state index in [1.807, 2.05) is 63.3 Å². The summed E-state index contributed by atoms with van der Waals surface area (Å²) in [5.41, 5.74) is 0.611. The summed E-state index contributed by atoms with van der Waals surface area (Å²) in [6.07, 6.45) is 5.09. The van der Waals surface area contributed by atoms with Crippen molar-refractivity contribution in [3.05, 3.63) is 48.0 Å². The van der Waals surface area contributed by atoms with E-state index in [2.05, 4.69) is 0 Å². The van der Waals surface area contributed by atoms with E-state index in [9.17, 15) is 14.4 Å². The SMILES string of the molecule is CC(C)(C)N(Cc1ccccc1)C(=O)CN1C(=O)[C@@H]2CC=CC[C@H]2C1=O. The number of benzene rings is 1. The van der Waals surface area contributed by atoms with E-state index in [0.717, 1.165) is 5.56 Å². The van der Waals surface area contributed by atoms with Crippen LogP contribution >= 0.6 is 0 Å². The summed E-state index contributed by atoms with van der Waals surface area (Å²) in [5, 5.41) is 0. The maximum atomic E-state index is 13.0. The van der Waals surface area contributed by atoms with Gasteiger partial charge < -0.3 is 4.90 Å². The normalized spacial score (nSPS) is 22.5. The zero-order valence-corrected chi connectivity index (χ0v) is 15.6. The van der Waals surface area contributed by atoms with Gasteiger partial charge in [0.15, 0.2) is 0 Å². The van der Waals surface area contributed by atoms with Crippen LogP contribution in [-0.2, 0) is 20.9 Å². The van der Waals surface area contributed by atoms with Gasteiger partial charge >= 0.3 is 0 Å². The van der Waals surface area contributed by atoms with Gasteiger partial charge in [0.05, 0.1) is 11.8 Å². The molecule has 1 fully saturated rings. The number of carbonyl (C=O) groups is 3. The van der Waals surface area contributed by atoms with Crippen molar-refractivity contribution in [2.75, 3.05) is 6.54 Å². The minimum atomic E-state index is -0.410. The molecule has 1 aromatic carbocycles. The summed E-state index contributed by atoms with van der Waals surface area (Å²) in [6, 6.07) is 9.75. The fourth-order valence-corrected chi connectivity index (χ4v) is 3.71. The van der Waals surface area contributed by atoms with Gasteiger partial charge in [-0.3, -0.25) is 19.3 Å². The van der Waals surface area contributed by atoms with Crippen molar-refractivity contribution < 1.29 is 14.4 Å². The minimum absolute atomic E-state index is 0.172. The number of allylic oxidation sites excluding steroid dienone is 2. The molecule has 3 amide bonds. The van der Waals surface area contributed by atoms with Crippen molar-refractivity contribution in [2.45, 2.75) is 45.7 Å². The number of hydrogen-bond acceptors (Lipinski definition) is 3. The fraction of sp³-hybridized carbons (Fsp3) is 0.476. The van der Waals surface area contributed by atoms with Crippen LogP contribution in [0.15, 0.2) is 42.5 Å². The first-order valence-corrected chi connectivity index (χ1v) is 9.13. The van der Waals surface area contributed by atoms with Crippen LogP contribution in [0.1, 0.15) is 39.2 Å². The second kappa shape index (κ2) is 7.06. The number of nitrogens with zero attached hydrogens (tertiary/aromatic N) is 2. The Morgan fingerprint density at radius 1 is 1.04 bits per heavy atom. The van der Waals surface area contributed by atoms with Gasteiger partial charge in [0.2, 0.25) is 17.7 Å². The average molecular weight is 354 g/mol. The average Bonchev–Trinajstić information content (AvgIpc) is 2.85. The molecule has 0 radical (unpaired) electrons. The minimum Gasteiger partial charge on any atom is -0.332 e. The van der Waals surface area contributed by atoms with Crippen molar-refractivity contribution in [1.29, 1.82) is 0 Å². The molecule has 1 heterocycles. The first-order valence-electron chi connectivity index (χ1n) is 9.13. The number of carbonyl (C=O) groups excluding carboxylic acids is 3. The number of amides is 3. The van der Waals surface area contributed by atoms with Crippen molar-refractivity contribution >= 4 is 17.7 Å². The molecule has 5 heteroatoms. The van der Waals surface area contributed by atoms with Gasteiger partial charge in [0.25, 0.3) is 0 Å². The molecule has 0 unspecified atom stereocenters. The van der Waals surface area contributed by atoms with Crippen molar-refractivity contribution in [1.82, 2.24) is 9.80 Å². The van der Waals surface area contributed by atoms with E-state index in [1.54, 1.807) is 4.90 Å². The number of likely N-dealkylation sites (tertiary alicyclic amines) is 1. The lowest BCUT2D eigenvalue weighted by Crippen LogP contribution is -2.50. The Labute approximate surface area is 154 Å². The fourth-order valence-electron chi connectivity index (χ4n) is 3.71. The van der Waals surface area contributed by atoms with E-state index in [-0.39, 0.29) is 36.1 Å². The smallest absolute Gasteiger partial charge is 0.243 e. The van der Waals surface area contributed by atoms with Gasteiger partial charge in [-0.05, 0) is 39.2 Å². The van der Waals surface area contributed by atoms with Crippen LogP contribution in [0.25, 0.3) is 0 Å². The Morgan fingerprint density at radius 3 is 2.08 bits per heavy atom. The van der Waals surface area contributed by atoms with Crippen molar-refractivity contribution in [2.24, 2.45) is 11.8 Å². The maximum Gasteiger partial charge on any atom is 0.243 e. The molecule has 2 atom stereocenters. The van der Waals surface area contributed by atoms with Crippen LogP contribution in [0.3, 0.4) is 0 Å². The van der Waals surface area contributed by atoms with Gasteiger partial charge in [0, 0.05) is 12.1 Å². The quantitative estimate of drug-likeness (QED) is 0.617. The summed E-state index contributed by atoms with van der Waals surface area (Å²) in [5.74, 6) is -1.19. The zero-order chi connectivity index (χ0) is 18.9. The van der Waals surface area contributed by atoms with Crippen LogP contribution in [0.4, 0.5) is 0 Å². The maximum absolute atomic E-state index is 13.0. The summed E-state index contributed by atoms with van der Waals surface area (Å²) in [6.45, 7) is 6.17. The lowest BCUT2D eigenvalue weighted by Gasteiger charge is -2.36. The first-order chi connectivity index (χ1) is 12.3. The molecular weight excluding hydrogens is 328 g/mol. The van der Waals surface area contributed by atoms with Gasteiger partial charge in [-0.25, -0.2) is 0 Å². The summed E-state index contributed by atoms with van der Waals surface area (Å²) in [4.78, 5) is 41.2. The topological polar surface area (TPSA) is 57.7 Å². The summed E-state index contributed by atoms with van der Waals surface area (Å²) >= 11 is 0. The van der Waals surface area contributed by atoms with E-state index >= 15 is 0 Å². The number of rotatable bonds is 4. The second-order valence-electron chi connectivity index (χ2n) is 8.05. The van der Waals surface area contributed by atoms with E-state index in [0.29, 0.717) is 19.4 Å². The third kappa shape index (κ3) is 3.57. The molecule has 0 bridgehead atoms. The third-order valence-corrected chi connectivity index (χ3v) is 5.19. The lowest BCUT2D eigenvalue weighted by molar-refractivity contribution is -0.149. The second-order valence-corrected chi connectivity index (χ2v) is 8.05. The van der Waals surface area contributed by atoms with Crippen LogP contribution in [0, 0.1) is 11.8 Å². The molecule has 1 saturated heterocycles. The highest BCUT2D eigenvalue weighted by Crippen LogP contribution is 2.35. The van der Waals surface area contributed by atoms with Gasteiger partial charge in [-0.15, -0.1) is 0 Å². The Hall–Kier alpha value is -2.43. The van der Waals surface area contributed by atoms with Crippen LogP contribution in [0.5, 0.6) is 0 Å². The highest BCUT2D eigenvalue weighted by molar-refractivity contribution is 6.07. The Balaban J connectivity index is 1.76. The van der Waals surface area contributed by atoms with E-state index in [1.165, 1.54) is 4.90 Å².